The fourth-order valence-electron chi connectivity index (χ4n) is 4.30. The Morgan fingerprint density at radius 1 is 1.13 bits per heavy atom. The molecule has 0 bridgehead atoms. The maximum absolute atomic E-state index is 12.7. The molecule has 0 aromatic heterocycles. The molecular weight excluding hydrogens is 382 g/mol. The molecule has 7 heteroatoms. The number of nitrogens with one attached hydrogen (secondary N) is 2. The van der Waals surface area contributed by atoms with Gasteiger partial charge in [0.25, 0.3) is 5.91 Å². The van der Waals surface area contributed by atoms with Crippen molar-refractivity contribution in [3.05, 3.63) is 59.7 Å². The number of ether oxygens (including phenoxy) is 1. The van der Waals surface area contributed by atoms with Gasteiger partial charge in [0.05, 0.1) is 7.11 Å². The van der Waals surface area contributed by atoms with Gasteiger partial charge in [-0.2, -0.15) is 0 Å². The summed E-state index contributed by atoms with van der Waals surface area (Å²) in [5, 5.41) is 2.90. The van der Waals surface area contributed by atoms with Crippen molar-refractivity contribution in [2.24, 2.45) is 0 Å². The highest BCUT2D eigenvalue weighted by Gasteiger charge is 2.37. The third-order valence-corrected chi connectivity index (χ3v) is 5.86. The molecule has 2 amide bonds. The van der Waals surface area contributed by atoms with E-state index < -0.39 is 6.04 Å². The Balaban J connectivity index is 1.42. The van der Waals surface area contributed by atoms with Crippen molar-refractivity contribution in [1.82, 2.24) is 0 Å². The van der Waals surface area contributed by atoms with Crippen LogP contribution in [-0.4, -0.2) is 44.0 Å². The van der Waals surface area contributed by atoms with Crippen LogP contribution in [0.2, 0.25) is 0 Å². The lowest BCUT2D eigenvalue weighted by Crippen LogP contribution is -3.17. The Hall–Kier alpha value is -3.19. The second kappa shape index (κ2) is 8.67. The van der Waals surface area contributed by atoms with Crippen molar-refractivity contribution in [2.75, 3.05) is 30.4 Å². The molecule has 1 unspecified atom stereocenters. The number of hydrogen-bond donors (Lipinski definition) is 2. The molecule has 1 fully saturated rings. The van der Waals surface area contributed by atoms with Crippen molar-refractivity contribution < 1.29 is 24.0 Å². The first kappa shape index (κ1) is 20.1. The van der Waals surface area contributed by atoms with E-state index >= 15 is 0 Å². The third-order valence-electron chi connectivity index (χ3n) is 5.86. The van der Waals surface area contributed by atoms with E-state index in [4.69, 9.17) is 4.74 Å². The minimum atomic E-state index is -0.404. The van der Waals surface area contributed by atoms with Gasteiger partial charge in [-0.05, 0) is 36.2 Å². The van der Waals surface area contributed by atoms with Crippen LogP contribution in [0.5, 0.6) is 0 Å². The van der Waals surface area contributed by atoms with E-state index in [0.29, 0.717) is 25.1 Å². The normalized spacial score (nSPS) is 20.6. The van der Waals surface area contributed by atoms with Gasteiger partial charge >= 0.3 is 5.97 Å². The molecule has 0 spiro atoms. The summed E-state index contributed by atoms with van der Waals surface area (Å²) in [4.78, 5) is 39.5. The lowest BCUT2D eigenvalue weighted by atomic mass is 9.94. The van der Waals surface area contributed by atoms with E-state index in [9.17, 15) is 14.4 Å². The van der Waals surface area contributed by atoms with Gasteiger partial charge in [-0.1, -0.05) is 24.3 Å². The molecular formula is C23H26N3O4+. The molecule has 7 nitrogen and oxygen atoms in total. The van der Waals surface area contributed by atoms with E-state index in [-0.39, 0.29) is 24.3 Å². The van der Waals surface area contributed by atoms with Gasteiger partial charge in [-0.15, -0.1) is 0 Å². The minimum Gasteiger partial charge on any atom is -0.465 e. The highest BCUT2D eigenvalue weighted by Crippen LogP contribution is 2.23. The molecule has 2 aromatic rings. The molecule has 4 rings (SSSR count). The van der Waals surface area contributed by atoms with Gasteiger partial charge in [0.1, 0.15) is 6.54 Å². The average molecular weight is 408 g/mol. The zero-order valence-corrected chi connectivity index (χ0v) is 17.0. The number of quaternary nitrogens is 1. The lowest BCUT2D eigenvalue weighted by Gasteiger charge is -2.31. The monoisotopic (exact) mass is 408 g/mol. The number of hydrogen-bond acceptors (Lipinski definition) is 4. The quantitative estimate of drug-likeness (QED) is 0.722. The number of benzene rings is 2. The first-order valence-corrected chi connectivity index (χ1v) is 10.2. The first-order valence-electron chi connectivity index (χ1n) is 10.2. The predicted molar refractivity (Wildman–Crippen MR) is 112 cm³/mol. The van der Waals surface area contributed by atoms with Crippen LogP contribution in [0, 0.1) is 0 Å². The molecule has 2 aliphatic rings. The third kappa shape index (κ3) is 4.21. The van der Waals surface area contributed by atoms with Crippen LogP contribution < -0.4 is 15.1 Å². The molecule has 2 aromatic carbocycles. The molecule has 2 atom stereocenters. The summed E-state index contributed by atoms with van der Waals surface area (Å²) < 4.78 is 4.98. The molecule has 0 radical (unpaired) electrons. The SMILES string of the molecule is COC(=O)[C@@H]1Cc2ccccc2C[NH+]1CC(=O)Nc1ccc(N2CCCC2=O)cc1. The van der Waals surface area contributed by atoms with Crippen molar-refractivity contribution >= 4 is 29.2 Å². The van der Waals surface area contributed by atoms with Gasteiger partial charge in [0, 0.05) is 36.3 Å². The highest BCUT2D eigenvalue weighted by atomic mass is 16.5. The zero-order chi connectivity index (χ0) is 21.1. The minimum absolute atomic E-state index is 0.134. The van der Waals surface area contributed by atoms with Crippen LogP contribution in [0.1, 0.15) is 24.0 Å². The van der Waals surface area contributed by atoms with Crippen LogP contribution in [0.15, 0.2) is 48.5 Å². The molecule has 0 aliphatic carbocycles. The second-order valence-corrected chi connectivity index (χ2v) is 7.80. The summed E-state index contributed by atoms with van der Waals surface area (Å²) in [5.74, 6) is -0.329. The smallest absolute Gasteiger partial charge is 0.365 e. The van der Waals surface area contributed by atoms with Crippen LogP contribution in [0.25, 0.3) is 0 Å². The number of fused-ring (bicyclic) bond motifs is 1. The number of rotatable bonds is 5. The largest absolute Gasteiger partial charge is 0.465 e. The number of carbonyl (C=O) groups is 3. The Kier molecular flexibility index (Phi) is 5.81. The van der Waals surface area contributed by atoms with Crippen molar-refractivity contribution in [2.45, 2.75) is 31.8 Å². The summed E-state index contributed by atoms with van der Waals surface area (Å²) in [6.45, 7) is 1.50. The van der Waals surface area contributed by atoms with Crippen LogP contribution in [0.4, 0.5) is 11.4 Å². The zero-order valence-electron chi connectivity index (χ0n) is 17.0. The fourth-order valence-corrected chi connectivity index (χ4v) is 4.30. The lowest BCUT2D eigenvalue weighted by molar-refractivity contribution is -0.924. The molecule has 1 saturated heterocycles. The van der Waals surface area contributed by atoms with E-state index in [1.54, 1.807) is 17.0 Å². The Bertz CT molecular complexity index is 957. The van der Waals surface area contributed by atoms with Crippen LogP contribution in [-0.2, 0) is 32.1 Å². The number of amides is 2. The molecule has 156 valence electrons. The first-order chi connectivity index (χ1) is 14.5. The average Bonchev–Trinajstić information content (AvgIpc) is 3.19. The summed E-state index contributed by atoms with van der Waals surface area (Å²) in [6, 6.07) is 14.9. The number of nitrogens with zero attached hydrogens (tertiary/aromatic N) is 1. The van der Waals surface area contributed by atoms with Crippen LogP contribution >= 0.6 is 0 Å². The van der Waals surface area contributed by atoms with Crippen molar-refractivity contribution in [1.29, 1.82) is 0 Å². The van der Waals surface area contributed by atoms with Crippen LogP contribution in [0.3, 0.4) is 0 Å². The predicted octanol–water partition coefficient (Wildman–Crippen LogP) is 0.935. The molecule has 2 aliphatic heterocycles. The molecule has 2 N–H and O–H groups in total. The van der Waals surface area contributed by atoms with E-state index in [1.165, 1.54) is 7.11 Å². The topological polar surface area (TPSA) is 80.2 Å². The number of carbonyl (C=O) groups excluding carboxylic acids is 3. The Morgan fingerprint density at radius 2 is 1.87 bits per heavy atom. The van der Waals surface area contributed by atoms with Gasteiger partial charge < -0.3 is 19.9 Å². The van der Waals surface area contributed by atoms with Crippen molar-refractivity contribution in [3.8, 4) is 0 Å². The maximum atomic E-state index is 12.7. The van der Waals surface area contributed by atoms with E-state index in [1.807, 2.05) is 36.4 Å². The maximum Gasteiger partial charge on any atom is 0.365 e. The van der Waals surface area contributed by atoms with Crippen molar-refractivity contribution in [3.63, 3.8) is 0 Å². The Morgan fingerprint density at radius 3 is 2.53 bits per heavy atom. The molecule has 30 heavy (non-hydrogen) atoms. The van der Waals surface area contributed by atoms with Gasteiger partial charge in [-0.3, -0.25) is 9.59 Å². The number of anilines is 2. The summed E-state index contributed by atoms with van der Waals surface area (Å²) >= 11 is 0. The standard InChI is InChI=1S/C23H25N3O4/c1-30-23(29)20-13-16-5-2-3-6-17(16)14-25(20)15-21(27)24-18-8-10-19(11-9-18)26-12-4-7-22(26)28/h2-3,5-6,8-11,20H,4,7,12-15H2,1H3,(H,24,27)/p+1/t20-/m0/s1. The summed E-state index contributed by atoms with van der Waals surface area (Å²) in [5.41, 5.74) is 3.80. The van der Waals surface area contributed by atoms with E-state index in [2.05, 4.69) is 5.32 Å². The second-order valence-electron chi connectivity index (χ2n) is 7.80. The van der Waals surface area contributed by atoms with E-state index in [0.717, 1.165) is 34.7 Å². The highest BCUT2D eigenvalue weighted by molar-refractivity contribution is 5.96. The molecule has 2 heterocycles. The number of methoxy groups -OCH3 is 1. The van der Waals surface area contributed by atoms with Gasteiger partial charge in [0.15, 0.2) is 12.6 Å². The Labute approximate surface area is 175 Å². The summed E-state index contributed by atoms with van der Waals surface area (Å²) in [7, 11) is 1.38. The van der Waals surface area contributed by atoms with Gasteiger partial charge in [-0.25, -0.2) is 4.79 Å². The number of esters is 1. The summed E-state index contributed by atoms with van der Waals surface area (Å²) in [6.07, 6.45) is 2.02. The fraction of sp³-hybridized carbons (Fsp3) is 0.348. The molecule has 0 saturated carbocycles. The van der Waals surface area contributed by atoms with Gasteiger partial charge in [0.2, 0.25) is 5.91 Å².